The van der Waals surface area contributed by atoms with E-state index in [1.165, 1.54) is 28.2 Å². The normalized spacial score (nSPS) is 10.9. The van der Waals surface area contributed by atoms with Crippen LogP contribution in [0.2, 0.25) is 0 Å². The molecule has 0 fully saturated rings. The van der Waals surface area contributed by atoms with E-state index in [0.717, 1.165) is 0 Å². The summed E-state index contributed by atoms with van der Waals surface area (Å²) in [5, 5.41) is 4.08. The van der Waals surface area contributed by atoms with Crippen LogP contribution in [0.1, 0.15) is 86.3 Å². The standard InChI is InChI=1S/C14H24S.C5H10.C4H4S/c1-7-13(3,4)11-9-10-12(15-11)14(5,6)8-2;1-4-5(2)3;1-2-4-5-3-1/h9-10H,7-8H2,1-6H3;4H,1-3H3;1-4H/p+1. The van der Waals surface area contributed by atoms with Crippen LogP contribution in [0.4, 0.5) is 0 Å². The van der Waals surface area contributed by atoms with Crippen molar-refractivity contribution >= 4 is 22.7 Å². The van der Waals surface area contributed by atoms with Gasteiger partial charge in [-0.3, -0.25) is 0 Å². The van der Waals surface area contributed by atoms with E-state index in [-0.39, 0.29) is 1.43 Å². The van der Waals surface area contributed by atoms with Gasteiger partial charge in [-0.1, -0.05) is 65.3 Å². The van der Waals surface area contributed by atoms with Crippen molar-refractivity contribution in [2.24, 2.45) is 0 Å². The van der Waals surface area contributed by atoms with Crippen LogP contribution in [0.25, 0.3) is 0 Å². The SMILES string of the molecule is CC=C(C)C.CCC(C)(C)c1ccc(C(C)(C)CC)s1.[H+].c1ccsc1. The van der Waals surface area contributed by atoms with Crippen LogP contribution in [-0.4, -0.2) is 0 Å². The summed E-state index contributed by atoms with van der Waals surface area (Å²) < 4.78 is 0. The second-order valence-corrected chi connectivity index (χ2v) is 9.70. The molecule has 0 aliphatic carbocycles. The number of hydrogen-bond donors (Lipinski definition) is 0. The molecule has 0 spiro atoms. The van der Waals surface area contributed by atoms with Crippen LogP contribution in [-0.2, 0) is 10.8 Å². The van der Waals surface area contributed by atoms with Crippen molar-refractivity contribution in [1.29, 1.82) is 0 Å². The summed E-state index contributed by atoms with van der Waals surface area (Å²) in [5.74, 6) is 0. The summed E-state index contributed by atoms with van der Waals surface area (Å²) in [4.78, 5) is 3.06. The molecule has 0 saturated carbocycles. The predicted molar refractivity (Wildman–Crippen MR) is 121 cm³/mol. The van der Waals surface area contributed by atoms with E-state index in [1.807, 2.05) is 41.2 Å². The number of rotatable bonds is 4. The highest BCUT2D eigenvalue weighted by Gasteiger charge is 2.25. The lowest BCUT2D eigenvalue weighted by molar-refractivity contribution is 0.515. The lowest BCUT2D eigenvalue weighted by Gasteiger charge is -2.23. The molecular weight excluding hydrogens is 340 g/mol. The van der Waals surface area contributed by atoms with Crippen molar-refractivity contribution < 1.29 is 1.43 Å². The van der Waals surface area contributed by atoms with Crippen LogP contribution in [0.5, 0.6) is 0 Å². The minimum absolute atomic E-state index is 0. The highest BCUT2D eigenvalue weighted by molar-refractivity contribution is 7.12. The molecule has 2 aromatic rings. The smallest absolute Gasteiger partial charge is 0.152 e. The first-order valence-electron chi connectivity index (χ1n) is 9.28. The van der Waals surface area contributed by atoms with Gasteiger partial charge in [-0.2, -0.15) is 11.3 Å². The highest BCUT2D eigenvalue weighted by Crippen LogP contribution is 2.38. The van der Waals surface area contributed by atoms with Gasteiger partial charge in [-0.15, -0.1) is 11.3 Å². The van der Waals surface area contributed by atoms with E-state index in [1.54, 1.807) is 11.3 Å². The Balaban J connectivity index is 0. The maximum Gasteiger partial charge on any atom is 1.00 e. The second-order valence-electron chi connectivity index (χ2n) is 7.80. The number of allylic oxidation sites excluding steroid dienone is 2. The summed E-state index contributed by atoms with van der Waals surface area (Å²) in [6.45, 7) is 20.1. The van der Waals surface area contributed by atoms with E-state index in [0.29, 0.717) is 10.8 Å². The van der Waals surface area contributed by atoms with Gasteiger partial charge in [0.05, 0.1) is 0 Å². The zero-order chi connectivity index (χ0) is 19.5. The molecule has 0 aromatic carbocycles. The van der Waals surface area contributed by atoms with Crippen molar-refractivity contribution in [3.05, 3.63) is 56.4 Å². The molecule has 0 bridgehead atoms. The van der Waals surface area contributed by atoms with Crippen LogP contribution < -0.4 is 0 Å². The third kappa shape index (κ3) is 9.42. The first-order valence-corrected chi connectivity index (χ1v) is 11.0. The van der Waals surface area contributed by atoms with Crippen LogP contribution in [0, 0.1) is 0 Å². The summed E-state index contributed by atoms with van der Waals surface area (Å²) in [6, 6.07) is 8.68. The molecule has 2 rings (SSSR count). The summed E-state index contributed by atoms with van der Waals surface area (Å²) in [5.41, 5.74) is 2.06. The van der Waals surface area contributed by atoms with Crippen LogP contribution in [0.15, 0.2) is 46.7 Å². The van der Waals surface area contributed by atoms with Gasteiger partial charge in [0.1, 0.15) is 0 Å². The van der Waals surface area contributed by atoms with Gasteiger partial charge in [-0.25, -0.2) is 0 Å². The average molecular weight is 380 g/mol. The maximum absolute atomic E-state index is 2.33. The Bertz CT molecular complexity index is 538. The van der Waals surface area contributed by atoms with E-state index < -0.39 is 0 Å². The zero-order valence-electron chi connectivity index (χ0n) is 18.8. The molecule has 0 atom stereocenters. The molecule has 0 radical (unpaired) electrons. The van der Waals surface area contributed by atoms with Crippen molar-refractivity contribution in [1.82, 2.24) is 0 Å². The molecule has 0 saturated heterocycles. The predicted octanol–water partition coefficient (Wildman–Crippen LogP) is 8.96. The quantitative estimate of drug-likeness (QED) is 0.465. The minimum atomic E-state index is 0. The Labute approximate surface area is 166 Å². The van der Waals surface area contributed by atoms with Crippen molar-refractivity contribution in [2.75, 3.05) is 0 Å². The average Bonchev–Trinajstić information content (AvgIpc) is 3.29. The molecule has 0 nitrogen and oxygen atoms in total. The van der Waals surface area contributed by atoms with E-state index >= 15 is 0 Å². The largest absolute Gasteiger partial charge is 1.00 e. The molecule has 25 heavy (non-hydrogen) atoms. The van der Waals surface area contributed by atoms with Crippen molar-refractivity contribution in [2.45, 2.75) is 86.0 Å². The fourth-order valence-corrected chi connectivity index (χ4v) is 3.44. The Hall–Kier alpha value is -0.860. The number of hydrogen-bond acceptors (Lipinski definition) is 2. The fraction of sp³-hybridized carbons (Fsp3) is 0.565. The first kappa shape index (κ1) is 24.1. The maximum atomic E-state index is 2.33. The van der Waals surface area contributed by atoms with E-state index in [9.17, 15) is 0 Å². The Morgan fingerprint density at radius 3 is 1.48 bits per heavy atom. The molecule has 0 N–H and O–H groups in total. The minimum Gasteiger partial charge on any atom is -0.152 e. The third-order valence-corrected chi connectivity index (χ3v) is 7.16. The van der Waals surface area contributed by atoms with Gasteiger partial charge in [0, 0.05) is 9.75 Å². The molecule has 142 valence electrons. The molecule has 0 unspecified atom stereocenters. The number of thiophene rings is 2. The van der Waals surface area contributed by atoms with Gasteiger partial charge in [0.2, 0.25) is 0 Å². The molecule has 0 aliphatic heterocycles. The molecule has 0 amide bonds. The third-order valence-electron chi connectivity index (χ3n) is 4.71. The summed E-state index contributed by atoms with van der Waals surface area (Å²) in [6.07, 6.45) is 4.50. The Kier molecular flexibility index (Phi) is 11.3. The molecular formula is C23H39S2+. The monoisotopic (exact) mass is 379 g/mol. The first-order chi connectivity index (χ1) is 11.6. The lowest BCUT2D eigenvalue weighted by atomic mass is 9.87. The van der Waals surface area contributed by atoms with Gasteiger partial charge >= 0.3 is 1.43 Å². The molecule has 2 heterocycles. The van der Waals surface area contributed by atoms with E-state index in [2.05, 4.69) is 73.6 Å². The summed E-state index contributed by atoms with van der Waals surface area (Å²) in [7, 11) is 0. The molecule has 0 aliphatic rings. The highest BCUT2D eigenvalue weighted by atomic mass is 32.1. The van der Waals surface area contributed by atoms with Crippen molar-refractivity contribution in [3.63, 3.8) is 0 Å². The van der Waals surface area contributed by atoms with Gasteiger partial charge in [0.15, 0.2) is 0 Å². The Morgan fingerprint density at radius 2 is 1.28 bits per heavy atom. The fourth-order valence-electron chi connectivity index (χ4n) is 1.64. The van der Waals surface area contributed by atoms with Gasteiger partial charge in [0.25, 0.3) is 0 Å². The molecule has 2 aromatic heterocycles. The van der Waals surface area contributed by atoms with Gasteiger partial charge in [-0.05, 0) is 67.3 Å². The van der Waals surface area contributed by atoms with Crippen LogP contribution >= 0.6 is 22.7 Å². The van der Waals surface area contributed by atoms with Gasteiger partial charge < -0.3 is 0 Å². The second kappa shape index (κ2) is 11.7. The molecule has 2 heteroatoms. The van der Waals surface area contributed by atoms with E-state index in [4.69, 9.17) is 0 Å². The van der Waals surface area contributed by atoms with Crippen LogP contribution in [0.3, 0.4) is 0 Å². The summed E-state index contributed by atoms with van der Waals surface area (Å²) >= 11 is 3.71. The lowest BCUT2D eigenvalue weighted by Crippen LogP contribution is -2.14. The zero-order valence-corrected chi connectivity index (χ0v) is 19.4. The van der Waals surface area contributed by atoms with Crippen molar-refractivity contribution in [3.8, 4) is 0 Å². The Morgan fingerprint density at radius 1 is 0.920 bits per heavy atom. The topological polar surface area (TPSA) is 0 Å².